The van der Waals surface area contributed by atoms with Gasteiger partial charge in [0.2, 0.25) is 0 Å². The van der Waals surface area contributed by atoms with Gasteiger partial charge in [-0.15, -0.1) is 0 Å². The summed E-state index contributed by atoms with van der Waals surface area (Å²) < 4.78 is 5.57. The number of carbonyl (C=O) groups is 1. The van der Waals surface area contributed by atoms with E-state index in [2.05, 4.69) is 24.3 Å². The van der Waals surface area contributed by atoms with E-state index < -0.39 is 0 Å². The number of carbonyl (C=O) groups excluding carboxylic acids is 1. The number of hydrogen-bond acceptors (Lipinski definition) is 2. The minimum atomic E-state index is -0.331. The van der Waals surface area contributed by atoms with Crippen molar-refractivity contribution in [1.82, 2.24) is 0 Å². The lowest BCUT2D eigenvalue weighted by atomic mass is 9.99. The number of cyclic esters (lactones) is 1. The molecule has 4 rings (SSSR count). The number of fused-ring (bicyclic) bond motifs is 1. The Morgan fingerprint density at radius 1 is 0.917 bits per heavy atom. The number of hydrogen-bond donors (Lipinski definition) is 0. The Labute approximate surface area is 145 Å². The summed E-state index contributed by atoms with van der Waals surface area (Å²) >= 11 is 6.43. The second-order valence-corrected chi connectivity index (χ2v) is 6.24. The van der Waals surface area contributed by atoms with Gasteiger partial charge in [-0.3, -0.25) is 0 Å². The fraction of sp³-hybridized carbons (Fsp3) is 0.0952. The maximum absolute atomic E-state index is 12.3. The van der Waals surface area contributed by atoms with Crippen LogP contribution >= 0.6 is 11.6 Å². The highest BCUT2D eigenvalue weighted by molar-refractivity contribution is 6.51. The fourth-order valence-corrected chi connectivity index (χ4v) is 3.32. The van der Waals surface area contributed by atoms with Crippen molar-refractivity contribution in [1.29, 1.82) is 0 Å². The van der Waals surface area contributed by atoms with Crippen molar-refractivity contribution in [2.45, 2.75) is 12.5 Å². The van der Waals surface area contributed by atoms with E-state index in [9.17, 15) is 4.79 Å². The van der Waals surface area contributed by atoms with Gasteiger partial charge in [0.15, 0.2) is 0 Å². The van der Waals surface area contributed by atoms with Crippen molar-refractivity contribution in [3.63, 3.8) is 0 Å². The monoisotopic (exact) mass is 334 g/mol. The molecular formula is C21H15ClO2. The average molecular weight is 335 g/mol. The molecule has 0 spiro atoms. The summed E-state index contributed by atoms with van der Waals surface area (Å²) in [7, 11) is 0. The van der Waals surface area contributed by atoms with E-state index in [1.807, 2.05) is 48.5 Å². The highest BCUT2D eigenvalue weighted by Crippen LogP contribution is 2.39. The minimum Gasteiger partial charge on any atom is -0.454 e. The van der Waals surface area contributed by atoms with Gasteiger partial charge in [-0.25, -0.2) is 4.79 Å². The molecule has 1 aliphatic rings. The first-order valence-corrected chi connectivity index (χ1v) is 8.24. The third kappa shape index (κ3) is 2.70. The van der Waals surface area contributed by atoms with Gasteiger partial charge in [0.1, 0.15) is 6.10 Å². The molecule has 3 heteroatoms. The van der Waals surface area contributed by atoms with Crippen LogP contribution in [0.3, 0.4) is 0 Å². The molecule has 3 aromatic carbocycles. The molecule has 1 aliphatic heterocycles. The fourth-order valence-electron chi connectivity index (χ4n) is 3.04. The second-order valence-electron chi connectivity index (χ2n) is 5.86. The molecule has 0 aliphatic carbocycles. The van der Waals surface area contributed by atoms with Gasteiger partial charge in [-0.2, -0.15) is 0 Å². The molecule has 2 nitrogen and oxygen atoms in total. The van der Waals surface area contributed by atoms with E-state index in [0.717, 1.165) is 16.5 Å². The Kier molecular flexibility index (Phi) is 3.83. The predicted molar refractivity (Wildman–Crippen MR) is 96.6 cm³/mol. The molecule has 118 valence electrons. The van der Waals surface area contributed by atoms with E-state index in [0.29, 0.717) is 17.0 Å². The normalized spacial score (nSPS) is 19.4. The molecule has 0 aromatic heterocycles. The van der Waals surface area contributed by atoms with Crippen LogP contribution in [0.25, 0.3) is 15.8 Å². The molecule has 1 atom stereocenters. The van der Waals surface area contributed by atoms with Gasteiger partial charge in [0.05, 0.1) is 10.6 Å². The van der Waals surface area contributed by atoms with Crippen LogP contribution in [0.2, 0.25) is 0 Å². The van der Waals surface area contributed by atoms with Gasteiger partial charge in [0, 0.05) is 6.42 Å². The van der Waals surface area contributed by atoms with Gasteiger partial charge in [-0.05, 0) is 28.0 Å². The minimum absolute atomic E-state index is 0.283. The van der Waals surface area contributed by atoms with Crippen LogP contribution in [-0.2, 0) is 9.53 Å². The van der Waals surface area contributed by atoms with Crippen molar-refractivity contribution < 1.29 is 9.53 Å². The molecule has 0 amide bonds. The zero-order valence-corrected chi connectivity index (χ0v) is 13.7. The number of esters is 1. The lowest BCUT2D eigenvalue weighted by Crippen LogP contribution is -1.99. The Morgan fingerprint density at radius 3 is 2.42 bits per heavy atom. The zero-order valence-electron chi connectivity index (χ0n) is 12.9. The van der Waals surface area contributed by atoms with Gasteiger partial charge in [0.25, 0.3) is 0 Å². The first-order valence-electron chi connectivity index (χ1n) is 7.86. The maximum atomic E-state index is 12.3. The zero-order chi connectivity index (χ0) is 16.5. The molecule has 0 radical (unpaired) electrons. The predicted octanol–water partition coefficient (Wildman–Crippen LogP) is 5.48. The van der Waals surface area contributed by atoms with Gasteiger partial charge in [-0.1, -0.05) is 78.3 Å². The molecule has 1 heterocycles. The largest absolute Gasteiger partial charge is 0.454 e. The summed E-state index contributed by atoms with van der Waals surface area (Å²) in [6.07, 6.45) is 0.208. The standard InChI is InChI=1S/C21H15ClO2/c22-20(15-7-2-1-3-8-15)18-13-19(24-21(18)23)17-11-10-14-6-4-5-9-16(14)12-17/h1-12,19H,13H2/b20-18-/t19-/m1/s1. The topological polar surface area (TPSA) is 26.3 Å². The number of halogens is 1. The summed E-state index contributed by atoms with van der Waals surface area (Å²) in [5, 5.41) is 2.78. The van der Waals surface area contributed by atoms with E-state index in [1.54, 1.807) is 0 Å². The van der Waals surface area contributed by atoms with Gasteiger partial charge >= 0.3 is 5.97 Å². The van der Waals surface area contributed by atoms with Gasteiger partial charge < -0.3 is 4.74 Å². The lowest BCUT2D eigenvalue weighted by molar-refractivity contribution is -0.139. The van der Waals surface area contributed by atoms with Crippen LogP contribution in [0.4, 0.5) is 0 Å². The average Bonchev–Trinajstić information content (AvgIpc) is 3.03. The number of benzene rings is 3. The second kappa shape index (κ2) is 6.14. The van der Waals surface area contributed by atoms with Crippen LogP contribution in [0.1, 0.15) is 23.7 Å². The van der Waals surface area contributed by atoms with Crippen molar-refractivity contribution in [2.75, 3.05) is 0 Å². The quantitative estimate of drug-likeness (QED) is 0.458. The molecule has 1 saturated heterocycles. The first kappa shape index (κ1) is 15.0. The highest BCUT2D eigenvalue weighted by Gasteiger charge is 2.32. The molecule has 24 heavy (non-hydrogen) atoms. The van der Waals surface area contributed by atoms with E-state index in [-0.39, 0.29) is 12.1 Å². The smallest absolute Gasteiger partial charge is 0.336 e. The van der Waals surface area contributed by atoms with Crippen molar-refractivity contribution >= 4 is 33.4 Å². The highest BCUT2D eigenvalue weighted by atomic mass is 35.5. The summed E-state index contributed by atoms with van der Waals surface area (Å²) in [6, 6.07) is 23.8. The Morgan fingerprint density at radius 2 is 1.62 bits per heavy atom. The van der Waals surface area contributed by atoms with Crippen LogP contribution in [-0.4, -0.2) is 5.97 Å². The molecule has 1 fully saturated rings. The molecule has 0 unspecified atom stereocenters. The van der Waals surface area contributed by atoms with Crippen LogP contribution in [0.5, 0.6) is 0 Å². The number of rotatable bonds is 2. The molecule has 3 aromatic rings. The Bertz CT molecular complexity index is 944. The van der Waals surface area contributed by atoms with E-state index >= 15 is 0 Å². The maximum Gasteiger partial charge on any atom is 0.336 e. The van der Waals surface area contributed by atoms with Crippen LogP contribution in [0, 0.1) is 0 Å². The SMILES string of the molecule is O=C1O[C@@H](c2ccc3ccccc3c2)C/C1=C(/Cl)c1ccccc1. The Balaban J connectivity index is 1.68. The van der Waals surface area contributed by atoms with Crippen molar-refractivity contribution in [2.24, 2.45) is 0 Å². The summed E-state index contributed by atoms with van der Waals surface area (Å²) in [5.74, 6) is -0.331. The molecular weight excluding hydrogens is 320 g/mol. The molecule has 0 bridgehead atoms. The lowest BCUT2D eigenvalue weighted by Gasteiger charge is -2.09. The third-order valence-corrected chi connectivity index (χ3v) is 4.77. The first-order chi connectivity index (χ1) is 11.7. The molecule has 0 saturated carbocycles. The summed E-state index contributed by atoms with van der Waals surface area (Å²) in [4.78, 5) is 12.3. The van der Waals surface area contributed by atoms with Crippen LogP contribution in [0.15, 0.2) is 78.4 Å². The summed E-state index contributed by atoms with van der Waals surface area (Å²) in [6.45, 7) is 0. The summed E-state index contributed by atoms with van der Waals surface area (Å²) in [5.41, 5.74) is 2.38. The Hall–Kier alpha value is -2.58. The van der Waals surface area contributed by atoms with Crippen molar-refractivity contribution in [3.8, 4) is 0 Å². The number of ether oxygens (including phenoxy) is 1. The molecule has 0 N–H and O–H groups in total. The van der Waals surface area contributed by atoms with E-state index in [1.165, 1.54) is 5.39 Å². The van der Waals surface area contributed by atoms with Crippen molar-refractivity contribution in [3.05, 3.63) is 89.5 Å². The van der Waals surface area contributed by atoms with Crippen LogP contribution < -0.4 is 0 Å². The third-order valence-electron chi connectivity index (χ3n) is 4.32. The van der Waals surface area contributed by atoms with E-state index in [4.69, 9.17) is 16.3 Å².